The molecule has 0 aromatic heterocycles. The quantitative estimate of drug-likeness (QED) is 0.743. The van der Waals surface area contributed by atoms with Crippen LogP contribution in [-0.4, -0.2) is 11.8 Å². The predicted molar refractivity (Wildman–Crippen MR) is 106 cm³/mol. The number of benzene rings is 2. The molecule has 2 N–H and O–H groups in total. The lowest BCUT2D eigenvalue weighted by Gasteiger charge is -2.26. The van der Waals surface area contributed by atoms with E-state index >= 15 is 0 Å². The molecule has 0 saturated heterocycles. The van der Waals surface area contributed by atoms with Gasteiger partial charge in [0.2, 0.25) is 11.8 Å². The lowest BCUT2D eigenvalue weighted by Crippen LogP contribution is -2.45. The Morgan fingerprint density at radius 1 is 0.846 bits per heavy atom. The molecule has 2 amide bonds. The fourth-order valence-corrected chi connectivity index (χ4v) is 2.70. The molecule has 2 aromatic rings. The van der Waals surface area contributed by atoms with Gasteiger partial charge in [-0.3, -0.25) is 9.59 Å². The second-order valence-corrected chi connectivity index (χ2v) is 7.43. The molecular formula is C22H28N2O2. The minimum Gasteiger partial charge on any atom is -0.349 e. The van der Waals surface area contributed by atoms with Gasteiger partial charge >= 0.3 is 0 Å². The Balaban J connectivity index is 2.11. The van der Waals surface area contributed by atoms with Gasteiger partial charge in [0.05, 0.1) is 6.04 Å². The molecule has 1 unspecified atom stereocenters. The molecule has 26 heavy (non-hydrogen) atoms. The van der Waals surface area contributed by atoms with Crippen LogP contribution in [0.15, 0.2) is 54.6 Å². The van der Waals surface area contributed by atoms with Gasteiger partial charge in [0.25, 0.3) is 0 Å². The Bertz CT molecular complexity index is 767. The van der Waals surface area contributed by atoms with Crippen molar-refractivity contribution in [2.24, 2.45) is 5.41 Å². The molecule has 0 spiro atoms. The number of para-hydroxylation sites is 1. The molecule has 4 heteroatoms. The first kappa shape index (κ1) is 19.7. The summed E-state index contributed by atoms with van der Waals surface area (Å²) in [6.07, 6.45) is 0. The summed E-state index contributed by atoms with van der Waals surface area (Å²) in [5, 5.41) is 5.87. The molecule has 0 heterocycles. The van der Waals surface area contributed by atoms with Gasteiger partial charge in [-0.25, -0.2) is 0 Å². The summed E-state index contributed by atoms with van der Waals surface area (Å²) in [7, 11) is 0. The van der Waals surface area contributed by atoms with Crippen molar-refractivity contribution in [3.05, 3.63) is 65.7 Å². The first-order valence-electron chi connectivity index (χ1n) is 8.99. The molecule has 1 atom stereocenters. The number of hydrogen-bond acceptors (Lipinski definition) is 2. The standard InChI is InChI=1S/C22H28N2O2/c1-15(2)18-13-9-10-14-19(18)24-21(26)22(4,5)20(25)23-16(3)17-11-7-6-8-12-17/h6-16H,1-5H3,(H,23,25)(H,24,26). The second kappa shape index (κ2) is 8.17. The van der Waals surface area contributed by atoms with E-state index in [-0.39, 0.29) is 23.8 Å². The maximum absolute atomic E-state index is 12.8. The highest BCUT2D eigenvalue weighted by atomic mass is 16.2. The van der Waals surface area contributed by atoms with E-state index in [1.165, 1.54) is 0 Å². The fourth-order valence-electron chi connectivity index (χ4n) is 2.70. The monoisotopic (exact) mass is 352 g/mol. The van der Waals surface area contributed by atoms with Crippen LogP contribution in [0.25, 0.3) is 0 Å². The van der Waals surface area contributed by atoms with Crippen molar-refractivity contribution in [1.82, 2.24) is 5.32 Å². The third-order valence-corrected chi connectivity index (χ3v) is 4.61. The van der Waals surface area contributed by atoms with Crippen molar-refractivity contribution < 1.29 is 9.59 Å². The highest BCUT2D eigenvalue weighted by Gasteiger charge is 2.37. The Morgan fingerprint density at radius 3 is 2.04 bits per heavy atom. The predicted octanol–water partition coefficient (Wildman–Crippen LogP) is 4.65. The van der Waals surface area contributed by atoms with Crippen LogP contribution in [0.2, 0.25) is 0 Å². The van der Waals surface area contributed by atoms with Gasteiger partial charge in [-0.1, -0.05) is 62.4 Å². The molecule has 0 aliphatic heterocycles. The van der Waals surface area contributed by atoms with Gasteiger partial charge in [-0.15, -0.1) is 0 Å². The Morgan fingerprint density at radius 2 is 1.42 bits per heavy atom. The summed E-state index contributed by atoms with van der Waals surface area (Å²) in [6, 6.07) is 17.2. The number of anilines is 1. The molecule has 2 aromatic carbocycles. The van der Waals surface area contributed by atoms with Crippen LogP contribution in [0.4, 0.5) is 5.69 Å². The van der Waals surface area contributed by atoms with Gasteiger partial charge < -0.3 is 10.6 Å². The Labute approximate surface area is 156 Å². The summed E-state index contributed by atoms with van der Waals surface area (Å²) in [5.41, 5.74) is 1.62. The van der Waals surface area contributed by atoms with Crippen molar-refractivity contribution in [2.45, 2.75) is 46.6 Å². The Hall–Kier alpha value is -2.62. The number of nitrogens with one attached hydrogen (secondary N) is 2. The normalized spacial score (nSPS) is 12.5. The summed E-state index contributed by atoms with van der Waals surface area (Å²) in [6.45, 7) is 9.35. The first-order chi connectivity index (χ1) is 12.2. The van der Waals surface area contributed by atoms with Crippen molar-refractivity contribution >= 4 is 17.5 Å². The van der Waals surface area contributed by atoms with Crippen molar-refractivity contribution in [1.29, 1.82) is 0 Å². The molecule has 0 bridgehead atoms. The number of rotatable bonds is 6. The minimum absolute atomic E-state index is 0.168. The third kappa shape index (κ3) is 4.51. The van der Waals surface area contributed by atoms with E-state index in [0.29, 0.717) is 0 Å². The maximum Gasteiger partial charge on any atom is 0.239 e. The van der Waals surface area contributed by atoms with Crippen LogP contribution in [0, 0.1) is 5.41 Å². The van der Waals surface area contributed by atoms with Crippen LogP contribution < -0.4 is 10.6 Å². The molecule has 138 valence electrons. The first-order valence-corrected chi connectivity index (χ1v) is 8.99. The van der Waals surface area contributed by atoms with Crippen LogP contribution in [0.1, 0.15) is 57.7 Å². The zero-order valence-electron chi connectivity index (χ0n) is 16.2. The summed E-state index contributed by atoms with van der Waals surface area (Å²) in [4.78, 5) is 25.5. The van der Waals surface area contributed by atoms with E-state index in [0.717, 1.165) is 16.8 Å². The Kier molecular flexibility index (Phi) is 6.19. The number of carbonyl (C=O) groups is 2. The van der Waals surface area contributed by atoms with E-state index in [4.69, 9.17) is 0 Å². The zero-order chi connectivity index (χ0) is 19.3. The van der Waals surface area contributed by atoms with Gasteiger partial charge in [0, 0.05) is 5.69 Å². The lowest BCUT2D eigenvalue weighted by molar-refractivity contribution is -0.138. The number of carbonyl (C=O) groups excluding carboxylic acids is 2. The van der Waals surface area contributed by atoms with Crippen LogP contribution in [0.3, 0.4) is 0 Å². The third-order valence-electron chi connectivity index (χ3n) is 4.61. The van der Waals surface area contributed by atoms with E-state index < -0.39 is 5.41 Å². The highest BCUT2D eigenvalue weighted by Crippen LogP contribution is 2.27. The largest absolute Gasteiger partial charge is 0.349 e. The number of amides is 2. The average Bonchev–Trinajstić information content (AvgIpc) is 2.62. The molecule has 0 fully saturated rings. The second-order valence-electron chi connectivity index (χ2n) is 7.43. The highest BCUT2D eigenvalue weighted by molar-refractivity contribution is 6.10. The van der Waals surface area contributed by atoms with E-state index in [1.807, 2.05) is 61.5 Å². The summed E-state index contributed by atoms with van der Waals surface area (Å²) < 4.78 is 0. The van der Waals surface area contributed by atoms with Gasteiger partial charge in [0.15, 0.2) is 0 Å². The van der Waals surface area contributed by atoms with Crippen molar-refractivity contribution in [3.63, 3.8) is 0 Å². The molecule has 0 radical (unpaired) electrons. The number of hydrogen-bond donors (Lipinski definition) is 2. The molecular weight excluding hydrogens is 324 g/mol. The van der Waals surface area contributed by atoms with Crippen LogP contribution >= 0.6 is 0 Å². The van der Waals surface area contributed by atoms with Gasteiger partial charge in [-0.05, 0) is 43.9 Å². The van der Waals surface area contributed by atoms with Crippen molar-refractivity contribution in [2.75, 3.05) is 5.32 Å². The molecule has 0 aliphatic rings. The molecule has 0 saturated carbocycles. The molecule has 4 nitrogen and oxygen atoms in total. The van der Waals surface area contributed by atoms with Crippen molar-refractivity contribution in [3.8, 4) is 0 Å². The van der Waals surface area contributed by atoms with E-state index in [1.54, 1.807) is 13.8 Å². The van der Waals surface area contributed by atoms with E-state index in [9.17, 15) is 9.59 Å². The summed E-state index contributed by atoms with van der Waals surface area (Å²) >= 11 is 0. The lowest BCUT2D eigenvalue weighted by atomic mass is 9.89. The zero-order valence-corrected chi connectivity index (χ0v) is 16.2. The van der Waals surface area contributed by atoms with Gasteiger partial charge in [0.1, 0.15) is 5.41 Å². The average molecular weight is 352 g/mol. The van der Waals surface area contributed by atoms with Crippen LogP contribution in [-0.2, 0) is 9.59 Å². The van der Waals surface area contributed by atoms with Crippen LogP contribution in [0.5, 0.6) is 0 Å². The topological polar surface area (TPSA) is 58.2 Å². The fraction of sp³-hybridized carbons (Fsp3) is 0.364. The van der Waals surface area contributed by atoms with Gasteiger partial charge in [-0.2, -0.15) is 0 Å². The SMILES string of the molecule is CC(C)c1ccccc1NC(=O)C(C)(C)C(=O)NC(C)c1ccccc1. The summed E-state index contributed by atoms with van der Waals surface area (Å²) in [5.74, 6) is -0.335. The van der Waals surface area contributed by atoms with E-state index in [2.05, 4.69) is 24.5 Å². The molecule has 0 aliphatic carbocycles. The smallest absolute Gasteiger partial charge is 0.239 e. The minimum atomic E-state index is -1.19. The molecule has 2 rings (SSSR count). The maximum atomic E-state index is 12.8.